The molecule has 6 nitrogen and oxygen atoms in total. The number of carbonyl (C=O) groups excluding carboxylic acids is 2. The molecule has 1 fully saturated rings. The molecule has 2 rings (SSSR count). The Labute approximate surface area is 130 Å². The second-order valence-corrected chi connectivity index (χ2v) is 5.25. The topological polar surface area (TPSA) is 67.9 Å². The summed E-state index contributed by atoms with van der Waals surface area (Å²) in [6.45, 7) is 2.41. The van der Waals surface area contributed by atoms with E-state index in [0.717, 1.165) is 24.3 Å². The lowest BCUT2D eigenvalue weighted by molar-refractivity contribution is -0.134. The summed E-state index contributed by atoms with van der Waals surface area (Å²) in [7, 11) is 1.61. The lowest BCUT2D eigenvalue weighted by atomic mass is 10.3. The van der Waals surface area contributed by atoms with E-state index in [0.29, 0.717) is 13.2 Å². The molecule has 1 saturated carbocycles. The Morgan fingerprint density at radius 3 is 2.41 bits per heavy atom. The number of hydrogen-bond donors (Lipinski definition) is 1. The zero-order valence-corrected chi connectivity index (χ0v) is 13.0. The number of amides is 2. The number of benzene rings is 1. The summed E-state index contributed by atoms with van der Waals surface area (Å²) in [4.78, 5) is 24.9. The zero-order valence-electron chi connectivity index (χ0n) is 13.0. The largest absolute Gasteiger partial charge is 0.497 e. The molecule has 120 valence electrons. The molecule has 1 N–H and O–H groups in total. The van der Waals surface area contributed by atoms with Gasteiger partial charge in [0.15, 0.2) is 0 Å². The van der Waals surface area contributed by atoms with Crippen LogP contribution in [0.3, 0.4) is 0 Å². The van der Waals surface area contributed by atoms with Gasteiger partial charge in [0.2, 0.25) is 11.8 Å². The molecule has 0 aromatic heterocycles. The van der Waals surface area contributed by atoms with Gasteiger partial charge in [0.25, 0.3) is 0 Å². The molecule has 0 saturated heterocycles. The van der Waals surface area contributed by atoms with Gasteiger partial charge in [-0.05, 0) is 37.1 Å². The van der Waals surface area contributed by atoms with Crippen LogP contribution in [0, 0.1) is 0 Å². The molecule has 1 aromatic carbocycles. The van der Waals surface area contributed by atoms with Gasteiger partial charge in [0.1, 0.15) is 18.1 Å². The second kappa shape index (κ2) is 7.68. The molecular weight excluding hydrogens is 284 g/mol. The van der Waals surface area contributed by atoms with Gasteiger partial charge >= 0.3 is 0 Å². The van der Waals surface area contributed by atoms with Gasteiger partial charge in [-0.1, -0.05) is 0 Å². The van der Waals surface area contributed by atoms with Crippen molar-refractivity contribution in [3.8, 4) is 11.5 Å². The molecule has 0 unspecified atom stereocenters. The highest BCUT2D eigenvalue weighted by atomic mass is 16.5. The number of nitrogens with zero attached hydrogens (tertiary/aromatic N) is 1. The predicted octanol–water partition coefficient (Wildman–Crippen LogP) is 1.20. The fourth-order valence-electron chi connectivity index (χ4n) is 2.13. The average Bonchev–Trinajstić information content (AvgIpc) is 3.34. The molecule has 0 heterocycles. The fourth-order valence-corrected chi connectivity index (χ4v) is 2.13. The number of rotatable bonds is 8. The van der Waals surface area contributed by atoms with Crippen LogP contribution < -0.4 is 14.8 Å². The van der Waals surface area contributed by atoms with Crippen molar-refractivity contribution >= 4 is 11.8 Å². The Morgan fingerprint density at radius 2 is 1.86 bits per heavy atom. The summed E-state index contributed by atoms with van der Waals surface area (Å²) in [5.74, 6) is 1.29. The molecular formula is C16H22N2O4. The summed E-state index contributed by atoms with van der Waals surface area (Å²) in [6, 6.07) is 7.50. The maximum absolute atomic E-state index is 11.8. The van der Waals surface area contributed by atoms with Crippen molar-refractivity contribution in [2.45, 2.75) is 25.8 Å². The zero-order chi connectivity index (χ0) is 15.9. The number of nitrogens with one attached hydrogen (secondary N) is 1. The van der Waals surface area contributed by atoms with Crippen LogP contribution in [-0.4, -0.2) is 49.6 Å². The number of carbonyl (C=O) groups is 2. The molecule has 0 radical (unpaired) electrons. The van der Waals surface area contributed by atoms with Gasteiger partial charge in [0.05, 0.1) is 20.2 Å². The van der Waals surface area contributed by atoms with Crippen molar-refractivity contribution in [3.05, 3.63) is 24.3 Å². The van der Waals surface area contributed by atoms with E-state index in [1.54, 1.807) is 12.0 Å². The van der Waals surface area contributed by atoms with Crippen LogP contribution in [0.4, 0.5) is 0 Å². The minimum Gasteiger partial charge on any atom is -0.497 e. The van der Waals surface area contributed by atoms with Crippen molar-refractivity contribution < 1.29 is 19.1 Å². The third-order valence-corrected chi connectivity index (χ3v) is 3.46. The normalized spacial score (nSPS) is 13.4. The summed E-state index contributed by atoms with van der Waals surface area (Å²) in [5.41, 5.74) is 0. The van der Waals surface area contributed by atoms with Crippen LogP contribution in [0.25, 0.3) is 0 Å². The van der Waals surface area contributed by atoms with Crippen molar-refractivity contribution in [2.24, 2.45) is 0 Å². The first-order valence-electron chi connectivity index (χ1n) is 7.41. The third-order valence-electron chi connectivity index (χ3n) is 3.46. The van der Waals surface area contributed by atoms with Gasteiger partial charge in [-0.2, -0.15) is 0 Å². The molecule has 0 spiro atoms. The van der Waals surface area contributed by atoms with Crippen LogP contribution in [0.15, 0.2) is 24.3 Å². The number of ether oxygens (including phenoxy) is 2. The van der Waals surface area contributed by atoms with E-state index in [4.69, 9.17) is 9.47 Å². The van der Waals surface area contributed by atoms with Crippen molar-refractivity contribution in [1.29, 1.82) is 0 Å². The summed E-state index contributed by atoms with van der Waals surface area (Å²) >= 11 is 0. The van der Waals surface area contributed by atoms with Gasteiger partial charge < -0.3 is 19.7 Å². The Hall–Kier alpha value is -2.24. The third kappa shape index (κ3) is 4.95. The lowest BCUT2D eigenvalue weighted by Gasteiger charge is -2.19. The van der Waals surface area contributed by atoms with E-state index in [2.05, 4.69) is 5.32 Å². The summed E-state index contributed by atoms with van der Waals surface area (Å²) < 4.78 is 10.6. The van der Waals surface area contributed by atoms with Gasteiger partial charge in [0, 0.05) is 13.0 Å². The molecule has 6 heteroatoms. The van der Waals surface area contributed by atoms with E-state index >= 15 is 0 Å². The summed E-state index contributed by atoms with van der Waals surface area (Å²) in [5, 5.41) is 2.76. The first-order chi connectivity index (χ1) is 10.6. The first kappa shape index (κ1) is 16.1. The minimum atomic E-state index is -0.152. The van der Waals surface area contributed by atoms with Gasteiger partial charge in [-0.3, -0.25) is 9.59 Å². The molecule has 1 aliphatic rings. The quantitative estimate of drug-likeness (QED) is 0.733. The van der Waals surface area contributed by atoms with Crippen LogP contribution >= 0.6 is 0 Å². The van der Waals surface area contributed by atoms with E-state index in [9.17, 15) is 9.59 Å². The SMILES string of the molecule is COc1ccc(OCCNC(=O)CN(C(C)=O)C2CC2)cc1. The van der Waals surface area contributed by atoms with Crippen LogP contribution in [0.5, 0.6) is 11.5 Å². The predicted molar refractivity (Wildman–Crippen MR) is 81.9 cm³/mol. The lowest BCUT2D eigenvalue weighted by Crippen LogP contribution is -2.41. The number of hydrogen-bond acceptors (Lipinski definition) is 4. The summed E-state index contributed by atoms with van der Waals surface area (Å²) in [6.07, 6.45) is 1.99. The van der Waals surface area contributed by atoms with Crippen LogP contribution in [0.1, 0.15) is 19.8 Å². The van der Waals surface area contributed by atoms with Gasteiger partial charge in [-0.25, -0.2) is 0 Å². The van der Waals surface area contributed by atoms with Gasteiger partial charge in [-0.15, -0.1) is 0 Å². The van der Waals surface area contributed by atoms with Crippen LogP contribution in [-0.2, 0) is 9.59 Å². The van der Waals surface area contributed by atoms with E-state index in [-0.39, 0.29) is 24.4 Å². The standard InChI is InChI=1S/C16H22N2O4/c1-12(19)18(13-3-4-13)11-16(20)17-9-10-22-15-7-5-14(21-2)6-8-15/h5-8,13H,3-4,9-11H2,1-2H3,(H,17,20). The van der Waals surface area contributed by atoms with E-state index in [1.165, 1.54) is 6.92 Å². The minimum absolute atomic E-state index is 0.0490. The highest BCUT2D eigenvalue weighted by Gasteiger charge is 2.31. The first-order valence-corrected chi connectivity index (χ1v) is 7.41. The molecule has 0 atom stereocenters. The average molecular weight is 306 g/mol. The van der Waals surface area contributed by atoms with E-state index < -0.39 is 0 Å². The van der Waals surface area contributed by atoms with Crippen molar-refractivity contribution in [2.75, 3.05) is 26.8 Å². The Morgan fingerprint density at radius 1 is 1.23 bits per heavy atom. The van der Waals surface area contributed by atoms with E-state index in [1.807, 2.05) is 24.3 Å². The van der Waals surface area contributed by atoms with Crippen molar-refractivity contribution in [1.82, 2.24) is 10.2 Å². The Balaban J connectivity index is 1.65. The Bertz CT molecular complexity index is 511. The molecule has 0 aliphatic heterocycles. The maximum Gasteiger partial charge on any atom is 0.239 e. The smallest absolute Gasteiger partial charge is 0.239 e. The molecule has 22 heavy (non-hydrogen) atoms. The fraction of sp³-hybridized carbons (Fsp3) is 0.500. The van der Waals surface area contributed by atoms with Crippen molar-refractivity contribution in [3.63, 3.8) is 0 Å². The second-order valence-electron chi connectivity index (χ2n) is 5.25. The highest BCUT2D eigenvalue weighted by Crippen LogP contribution is 2.26. The Kier molecular flexibility index (Phi) is 5.63. The van der Waals surface area contributed by atoms with Crippen LogP contribution in [0.2, 0.25) is 0 Å². The molecule has 1 aliphatic carbocycles. The molecule has 2 amide bonds. The monoisotopic (exact) mass is 306 g/mol. The number of methoxy groups -OCH3 is 1. The molecule has 0 bridgehead atoms. The molecule has 1 aromatic rings. The highest BCUT2D eigenvalue weighted by molar-refractivity contribution is 5.84. The maximum atomic E-state index is 11.8.